The van der Waals surface area contributed by atoms with Gasteiger partial charge in [-0.1, -0.05) is 0 Å². The Balaban J connectivity index is 0.00000484. The monoisotopic (exact) mass is 442 g/mol. The number of carbonyl (C=O) groups is 1. The first-order valence-electron chi connectivity index (χ1n) is 7.73. The molecule has 0 saturated carbocycles. The van der Waals surface area contributed by atoms with Crippen LogP contribution in [0.15, 0.2) is 4.99 Å². The van der Waals surface area contributed by atoms with Gasteiger partial charge in [0.1, 0.15) is 6.54 Å². The summed E-state index contributed by atoms with van der Waals surface area (Å²) < 4.78 is 11.0. The second kappa shape index (κ2) is 11.0. The molecule has 136 valence electrons. The van der Waals surface area contributed by atoms with Gasteiger partial charge in [-0.05, 0) is 26.7 Å². The quantitative estimate of drug-likeness (QED) is 0.347. The summed E-state index contributed by atoms with van der Waals surface area (Å²) in [6.07, 6.45) is 2.37. The highest BCUT2D eigenvalue weighted by Gasteiger charge is 2.19. The molecule has 8 heteroatoms. The Labute approximate surface area is 156 Å². The van der Waals surface area contributed by atoms with Crippen LogP contribution in [0.5, 0.6) is 0 Å². The lowest BCUT2D eigenvalue weighted by molar-refractivity contribution is -0.127. The number of carbonyl (C=O) groups excluding carboxylic acids is 1. The van der Waals surface area contributed by atoms with Gasteiger partial charge in [-0.2, -0.15) is 0 Å². The molecule has 7 nitrogen and oxygen atoms in total. The number of methoxy groups -OCH3 is 1. The predicted octanol–water partition coefficient (Wildman–Crippen LogP) is 0.832. The summed E-state index contributed by atoms with van der Waals surface area (Å²) in [4.78, 5) is 17.5. The van der Waals surface area contributed by atoms with Gasteiger partial charge >= 0.3 is 0 Å². The van der Waals surface area contributed by atoms with E-state index < -0.39 is 0 Å². The summed E-state index contributed by atoms with van der Waals surface area (Å²) in [5.41, 5.74) is -0.308. The molecule has 1 aliphatic rings. The van der Waals surface area contributed by atoms with Crippen LogP contribution in [0.3, 0.4) is 0 Å². The van der Waals surface area contributed by atoms with E-state index in [9.17, 15) is 4.79 Å². The Morgan fingerprint density at radius 1 is 1.39 bits per heavy atom. The minimum atomic E-state index is -0.308. The smallest absolute Gasteiger partial charge is 0.243 e. The van der Waals surface area contributed by atoms with Gasteiger partial charge in [-0.3, -0.25) is 4.79 Å². The van der Waals surface area contributed by atoms with Crippen LogP contribution in [0, 0.1) is 0 Å². The number of ether oxygens (including phenoxy) is 2. The molecular weight excluding hydrogens is 411 g/mol. The Bertz CT molecular complexity index is 383. The minimum Gasteiger partial charge on any atom is -0.377 e. The van der Waals surface area contributed by atoms with Crippen molar-refractivity contribution in [2.75, 3.05) is 47.4 Å². The molecule has 0 aromatic carbocycles. The number of likely N-dealkylation sites (N-methyl/N-ethyl adjacent to an activating group) is 1. The first-order chi connectivity index (χ1) is 10.3. The van der Waals surface area contributed by atoms with Crippen LogP contribution in [-0.4, -0.2) is 75.9 Å². The maximum Gasteiger partial charge on any atom is 0.243 e. The Kier molecular flexibility index (Phi) is 10.7. The van der Waals surface area contributed by atoms with E-state index in [-0.39, 0.29) is 48.1 Å². The Morgan fingerprint density at radius 2 is 2.09 bits per heavy atom. The fraction of sp³-hybridized carbons (Fsp3) is 0.867. The van der Waals surface area contributed by atoms with E-state index in [4.69, 9.17) is 9.47 Å². The third kappa shape index (κ3) is 9.31. The predicted molar refractivity (Wildman–Crippen MR) is 102 cm³/mol. The third-order valence-electron chi connectivity index (χ3n) is 3.63. The minimum absolute atomic E-state index is 0. The summed E-state index contributed by atoms with van der Waals surface area (Å²) in [7, 11) is 5.12. The van der Waals surface area contributed by atoms with E-state index in [1.54, 1.807) is 21.2 Å². The molecule has 1 saturated heterocycles. The second-order valence-electron chi connectivity index (χ2n) is 6.29. The zero-order chi connectivity index (χ0) is 16.6. The number of aliphatic imine (C=N–C) groups is 1. The van der Waals surface area contributed by atoms with Crippen LogP contribution in [0.2, 0.25) is 0 Å². The first kappa shape index (κ1) is 22.4. The zero-order valence-corrected chi connectivity index (χ0v) is 17.2. The molecule has 1 fully saturated rings. The number of amides is 1. The molecule has 0 spiro atoms. The van der Waals surface area contributed by atoms with Crippen molar-refractivity contribution in [3.05, 3.63) is 0 Å². The number of hydrogen-bond donors (Lipinski definition) is 2. The van der Waals surface area contributed by atoms with Crippen LogP contribution in [0.1, 0.15) is 26.7 Å². The van der Waals surface area contributed by atoms with Crippen LogP contribution in [0.4, 0.5) is 0 Å². The largest absolute Gasteiger partial charge is 0.377 e. The van der Waals surface area contributed by atoms with E-state index in [2.05, 4.69) is 15.6 Å². The molecule has 1 heterocycles. The number of nitrogens with zero attached hydrogens (tertiary/aromatic N) is 2. The van der Waals surface area contributed by atoms with Crippen LogP contribution in [0.25, 0.3) is 0 Å². The maximum atomic E-state index is 11.7. The van der Waals surface area contributed by atoms with Crippen molar-refractivity contribution in [2.45, 2.75) is 38.4 Å². The number of halogens is 1. The third-order valence-corrected chi connectivity index (χ3v) is 3.63. The summed E-state index contributed by atoms with van der Waals surface area (Å²) in [5, 5.41) is 6.46. The normalized spacial score (nSPS) is 18.3. The molecule has 1 rings (SSSR count). The average Bonchev–Trinajstić information content (AvgIpc) is 2.99. The van der Waals surface area contributed by atoms with Crippen molar-refractivity contribution in [1.29, 1.82) is 0 Å². The second-order valence-corrected chi connectivity index (χ2v) is 6.29. The summed E-state index contributed by atoms with van der Waals surface area (Å²) in [6, 6.07) is 0. The number of nitrogens with one attached hydrogen (secondary N) is 2. The Morgan fingerprint density at radius 3 is 2.61 bits per heavy atom. The van der Waals surface area contributed by atoms with E-state index in [1.807, 2.05) is 13.8 Å². The van der Waals surface area contributed by atoms with Crippen LogP contribution < -0.4 is 10.6 Å². The van der Waals surface area contributed by atoms with E-state index in [1.165, 1.54) is 4.90 Å². The molecule has 23 heavy (non-hydrogen) atoms. The van der Waals surface area contributed by atoms with E-state index in [0.717, 1.165) is 19.4 Å². The van der Waals surface area contributed by atoms with Gasteiger partial charge in [-0.15, -0.1) is 24.0 Å². The molecule has 0 bridgehead atoms. The van der Waals surface area contributed by atoms with Gasteiger partial charge in [-0.25, -0.2) is 4.99 Å². The van der Waals surface area contributed by atoms with Gasteiger partial charge in [0.25, 0.3) is 0 Å². The topological polar surface area (TPSA) is 75.2 Å². The summed E-state index contributed by atoms with van der Waals surface area (Å²) >= 11 is 0. The van der Waals surface area contributed by atoms with Gasteiger partial charge in [0.05, 0.1) is 11.7 Å². The lowest BCUT2D eigenvalue weighted by atomic mass is 10.1. The molecule has 0 aromatic rings. The van der Waals surface area contributed by atoms with Gasteiger partial charge in [0, 0.05) is 40.9 Å². The van der Waals surface area contributed by atoms with Gasteiger partial charge in [0.2, 0.25) is 5.91 Å². The standard InChI is InChI=1S/C15H30N4O3.HI/c1-15(2,21-5)11-18-14(17-10-13(20)19(3)4)16-9-12-7-6-8-22-12;/h12H,6-11H2,1-5H3,(H2,16,17,18);1H. The molecular formula is C15H31IN4O3. The molecule has 0 aliphatic carbocycles. The summed E-state index contributed by atoms with van der Waals surface area (Å²) in [5.74, 6) is 0.569. The van der Waals surface area contributed by atoms with Crippen molar-refractivity contribution in [2.24, 2.45) is 4.99 Å². The highest BCUT2D eigenvalue weighted by Crippen LogP contribution is 2.10. The number of rotatable bonds is 7. The van der Waals surface area contributed by atoms with Gasteiger partial charge in [0.15, 0.2) is 5.96 Å². The highest BCUT2D eigenvalue weighted by atomic mass is 127. The lowest BCUT2D eigenvalue weighted by Gasteiger charge is -2.25. The van der Waals surface area contributed by atoms with Crippen molar-refractivity contribution in [1.82, 2.24) is 15.5 Å². The molecule has 1 unspecified atom stereocenters. The molecule has 1 atom stereocenters. The zero-order valence-electron chi connectivity index (χ0n) is 14.8. The fourth-order valence-corrected chi connectivity index (χ4v) is 1.85. The van der Waals surface area contributed by atoms with Crippen LogP contribution >= 0.6 is 24.0 Å². The SMILES string of the molecule is COC(C)(C)CNC(=NCC(=O)N(C)C)NCC1CCCO1.I. The van der Waals surface area contributed by atoms with Crippen molar-refractivity contribution >= 4 is 35.8 Å². The molecule has 1 aliphatic heterocycles. The molecule has 0 aromatic heterocycles. The van der Waals surface area contributed by atoms with Crippen molar-refractivity contribution < 1.29 is 14.3 Å². The van der Waals surface area contributed by atoms with Crippen LogP contribution in [-0.2, 0) is 14.3 Å². The molecule has 0 radical (unpaired) electrons. The number of guanidine groups is 1. The van der Waals surface area contributed by atoms with Crippen molar-refractivity contribution in [3.63, 3.8) is 0 Å². The van der Waals surface area contributed by atoms with Crippen molar-refractivity contribution in [3.8, 4) is 0 Å². The number of hydrogen-bond acceptors (Lipinski definition) is 4. The summed E-state index contributed by atoms with van der Waals surface area (Å²) in [6.45, 7) is 6.20. The highest BCUT2D eigenvalue weighted by molar-refractivity contribution is 14.0. The van der Waals surface area contributed by atoms with E-state index >= 15 is 0 Å². The van der Waals surface area contributed by atoms with Gasteiger partial charge < -0.3 is 25.0 Å². The van der Waals surface area contributed by atoms with E-state index in [0.29, 0.717) is 19.0 Å². The molecule has 1 amide bonds. The fourth-order valence-electron chi connectivity index (χ4n) is 1.85. The first-order valence-corrected chi connectivity index (χ1v) is 7.73. The molecule has 2 N–H and O–H groups in total. The lowest BCUT2D eigenvalue weighted by Crippen LogP contribution is -2.47. The maximum absolute atomic E-state index is 11.7. The average molecular weight is 442 g/mol. The Hall–Kier alpha value is -0.610.